The lowest BCUT2D eigenvalue weighted by Crippen LogP contribution is -2.19. The van der Waals surface area contributed by atoms with E-state index >= 15 is 0 Å². The van der Waals surface area contributed by atoms with Gasteiger partial charge in [0.05, 0.1) is 5.02 Å². The lowest BCUT2D eigenvalue weighted by atomic mass is 9.99. The van der Waals surface area contributed by atoms with Crippen molar-refractivity contribution in [3.8, 4) is 0 Å². The van der Waals surface area contributed by atoms with Crippen LogP contribution in [0.15, 0.2) is 36.4 Å². The van der Waals surface area contributed by atoms with Gasteiger partial charge in [0.2, 0.25) is 0 Å². The largest absolute Gasteiger partial charge is 0.313 e. The van der Waals surface area contributed by atoms with Crippen LogP contribution in [0.4, 0.5) is 4.39 Å². The van der Waals surface area contributed by atoms with Gasteiger partial charge in [0.25, 0.3) is 0 Å². The van der Waals surface area contributed by atoms with E-state index in [1.807, 2.05) is 13.1 Å². The van der Waals surface area contributed by atoms with Crippen molar-refractivity contribution < 1.29 is 4.39 Å². The molecule has 0 saturated heterocycles. The predicted octanol–water partition coefficient (Wildman–Crippen LogP) is 5.29. The summed E-state index contributed by atoms with van der Waals surface area (Å²) in [4.78, 5) is 0. The maximum absolute atomic E-state index is 13.2. The highest BCUT2D eigenvalue weighted by atomic mass is 35.5. The number of hydrogen-bond donors (Lipinski definition) is 1. The smallest absolute Gasteiger partial charge is 0.141 e. The summed E-state index contributed by atoms with van der Waals surface area (Å²) in [6, 6.07) is 10.1. The molecule has 2 aromatic carbocycles. The molecule has 5 heteroatoms. The number of halogens is 4. The van der Waals surface area contributed by atoms with Crippen LogP contribution >= 0.6 is 34.8 Å². The third-order valence-electron chi connectivity index (χ3n) is 3.13. The fourth-order valence-corrected chi connectivity index (χ4v) is 2.70. The Hall–Kier alpha value is -0.800. The molecule has 20 heavy (non-hydrogen) atoms. The van der Waals surface area contributed by atoms with E-state index in [9.17, 15) is 4.39 Å². The topological polar surface area (TPSA) is 12.0 Å². The van der Waals surface area contributed by atoms with E-state index < -0.39 is 5.82 Å². The Labute approximate surface area is 132 Å². The van der Waals surface area contributed by atoms with Gasteiger partial charge in [0, 0.05) is 16.1 Å². The molecule has 0 bridgehead atoms. The van der Waals surface area contributed by atoms with Gasteiger partial charge in [-0.15, -0.1) is 0 Å². The second kappa shape index (κ2) is 6.77. The summed E-state index contributed by atoms with van der Waals surface area (Å²) in [5.41, 5.74) is 1.88. The average Bonchev–Trinajstić information content (AvgIpc) is 2.41. The summed E-state index contributed by atoms with van der Waals surface area (Å²) in [6.07, 6.45) is 0.661. The zero-order chi connectivity index (χ0) is 14.7. The molecule has 0 aromatic heterocycles. The zero-order valence-electron chi connectivity index (χ0n) is 10.8. The Kier molecular flexibility index (Phi) is 5.28. The van der Waals surface area contributed by atoms with Crippen LogP contribution in [0.1, 0.15) is 17.2 Å². The highest BCUT2D eigenvalue weighted by Gasteiger charge is 2.14. The van der Waals surface area contributed by atoms with Crippen molar-refractivity contribution in [3.05, 3.63) is 68.4 Å². The molecule has 106 valence electrons. The number of benzene rings is 2. The van der Waals surface area contributed by atoms with Crippen LogP contribution in [-0.2, 0) is 6.42 Å². The number of hydrogen-bond acceptors (Lipinski definition) is 1. The van der Waals surface area contributed by atoms with Gasteiger partial charge in [-0.05, 0) is 48.9 Å². The Bertz CT molecular complexity index is 616. The first-order valence-corrected chi connectivity index (χ1v) is 7.21. The molecule has 1 atom stereocenters. The second-order valence-corrected chi connectivity index (χ2v) is 5.71. The summed E-state index contributed by atoms with van der Waals surface area (Å²) in [5, 5.41) is 4.52. The third-order valence-corrected chi connectivity index (χ3v) is 4.01. The van der Waals surface area contributed by atoms with Gasteiger partial charge in [-0.1, -0.05) is 46.9 Å². The van der Waals surface area contributed by atoms with Crippen LogP contribution in [0, 0.1) is 5.82 Å². The van der Waals surface area contributed by atoms with Crippen LogP contribution < -0.4 is 5.32 Å². The minimum Gasteiger partial charge on any atom is -0.313 e. The van der Waals surface area contributed by atoms with E-state index in [1.165, 1.54) is 6.07 Å². The molecule has 0 amide bonds. The molecule has 0 fully saturated rings. The van der Waals surface area contributed by atoms with Crippen LogP contribution in [0.5, 0.6) is 0 Å². The molecule has 2 rings (SSSR count). The predicted molar refractivity (Wildman–Crippen MR) is 83.4 cm³/mol. The normalized spacial score (nSPS) is 12.4. The first-order valence-electron chi connectivity index (χ1n) is 6.07. The molecule has 1 unspecified atom stereocenters. The van der Waals surface area contributed by atoms with Crippen LogP contribution in [0.2, 0.25) is 15.1 Å². The maximum atomic E-state index is 13.2. The molecule has 0 aliphatic heterocycles. The molecule has 2 aromatic rings. The fraction of sp³-hybridized carbons (Fsp3) is 0.200. The molecule has 1 N–H and O–H groups in total. The van der Waals surface area contributed by atoms with Gasteiger partial charge in [0.1, 0.15) is 5.82 Å². The van der Waals surface area contributed by atoms with E-state index in [2.05, 4.69) is 5.32 Å². The minimum atomic E-state index is -0.421. The summed E-state index contributed by atoms with van der Waals surface area (Å²) in [5.74, 6) is -0.421. The molecule has 1 nitrogen and oxygen atoms in total. The molecular formula is C15H13Cl3FN. The van der Waals surface area contributed by atoms with Crippen LogP contribution in [0.3, 0.4) is 0 Å². The van der Waals surface area contributed by atoms with Gasteiger partial charge in [-0.2, -0.15) is 0 Å². The minimum absolute atomic E-state index is 0.00762. The number of rotatable bonds is 4. The summed E-state index contributed by atoms with van der Waals surface area (Å²) in [6.45, 7) is 0. The van der Waals surface area contributed by atoms with Crippen molar-refractivity contribution in [1.82, 2.24) is 5.32 Å². The maximum Gasteiger partial charge on any atom is 0.141 e. The van der Waals surface area contributed by atoms with Gasteiger partial charge in [-0.25, -0.2) is 4.39 Å². The van der Waals surface area contributed by atoms with Crippen molar-refractivity contribution in [2.45, 2.75) is 12.5 Å². The molecular weight excluding hydrogens is 320 g/mol. The van der Waals surface area contributed by atoms with Crippen molar-refractivity contribution >= 4 is 34.8 Å². The molecule has 0 aliphatic carbocycles. The molecule has 0 saturated carbocycles. The Morgan fingerprint density at radius 3 is 2.40 bits per heavy atom. The molecule has 0 aliphatic rings. The molecule has 0 heterocycles. The van der Waals surface area contributed by atoms with Crippen molar-refractivity contribution in [3.63, 3.8) is 0 Å². The lowest BCUT2D eigenvalue weighted by molar-refractivity contribution is 0.586. The second-order valence-electron chi connectivity index (χ2n) is 4.45. The first-order chi connectivity index (χ1) is 9.51. The van der Waals surface area contributed by atoms with Gasteiger partial charge in [-0.3, -0.25) is 0 Å². The van der Waals surface area contributed by atoms with Gasteiger partial charge >= 0.3 is 0 Å². The van der Waals surface area contributed by atoms with Crippen molar-refractivity contribution in [1.29, 1.82) is 0 Å². The van der Waals surface area contributed by atoms with E-state index in [1.54, 1.807) is 24.3 Å². The quantitative estimate of drug-likeness (QED) is 0.802. The van der Waals surface area contributed by atoms with Crippen LogP contribution in [0.25, 0.3) is 0 Å². The van der Waals surface area contributed by atoms with E-state index in [4.69, 9.17) is 34.8 Å². The third kappa shape index (κ3) is 3.64. The fourth-order valence-electron chi connectivity index (χ4n) is 2.02. The molecule has 0 radical (unpaired) electrons. The van der Waals surface area contributed by atoms with Crippen molar-refractivity contribution in [2.75, 3.05) is 7.05 Å². The Balaban J connectivity index is 2.26. The average molecular weight is 333 g/mol. The lowest BCUT2D eigenvalue weighted by Gasteiger charge is -2.18. The van der Waals surface area contributed by atoms with Gasteiger partial charge in [0.15, 0.2) is 0 Å². The molecule has 0 spiro atoms. The van der Waals surface area contributed by atoms with E-state index in [0.29, 0.717) is 16.5 Å². The Morgan fingerprint density at radius 1 is 1.05 bits per heavy atom. The van der Waals surface area contributed by atoms with Gasteiger partial charge < -0.3 is 5.32 Å². The summed E-state index contributed by atoms with van der Waals surface area (Å²) >= 11 is 17.9. The monoisotopic (exact) mass is 331 g/mol. The summed E-state index contributed by atoms with van der Waals surface area (Å²) < 4.78 is 13.2. The standard InChI is InChI=1S/C15H13Cl3FN/c1-20-15(10-3-5-14(19)13(18)6-10)7-9-2-4-11(16)8-12(9)17/h2-6,8,15,20H,7H2,1H3. The summed E-state index contributed by atoms with van der Waals surface area (Å²) in [7, 11) is 1.84. The zero-order valence-corrected chi connectivity index (χ0v) is 13.0. The SMILES string of the molecule is CNC(Cc1ccc(Cl)cc1Cl)c1ccc(F)c(Cl)c1. The van der Waals surface area contributed by atoms with E-state index in [-0.39, 0.29) is 11.1 Å². The number of likely N-dealkylation sites (N-methyl/N-ethyl adjacent to an activating group) is 1. The van der Waals surface area contributed by atoms with Crippen molar-refractivity contribution in [2.24, 2.45) is 0 Å². The Morgan fingerprint density at radius 2 is 1.80 bits per heavy atom. The van der Waals surface area contributed by atoms with Crippen LogP contribution in [-0.4, -0.2) is 7.05 Å². The highest BCUT2D eigenvalue weighted by Crippen LogP contribution is 2.27. The highest BCUT2D eigenvalue weighted by molar-refractivity contribution is 6.35. The first kappa shape index (κ1) is 15.6. The number of nitrogens with one attached hydrogen (secondary N) is 1. The van der Waals surface area contributed by atoms with E-state index in [0.717, 1.165) is 11.1 Å².